The van der Waals surface area contributed by atoms with Crippen molar-refractivity contribution in [1.29, 1.82) is 0 Å². The molecule has 2 heterocycles. The van der Waals surface area contributed by atoms with E-state index in [1.54, 1.807) is 18.7 Å². The highest BCUT2D eigenvalue weighted by molar-refractivity contribution is 5.87. The van der Waals surface area contributed by atoms with E-state index in [4.69, 9.17) is 4.74 Å². The average Bonchev–Trinajstić information content (AvgIpc) is 3.08. The van der Waals surface area contributed by atoms with Gasteiger partial charge in [-0.3, -0.25) is 10.1 Å². The number of carbonyl (C=O) groups excluding carboxylic acids is 2. The van der Waals surface area contributed by atoms with Crippen molar-refractivity contribution >= 4 is 23.4 Å². The summed E-state index contributed by atoms with van der Waals surface area (Å²) < 4.78 is 47.1. The van der Waals surface area contributed by atoms with Crippen LogP contribution in [0.3, 0.4) is 0 Å². The Morgan fingerprint density at radius 3 is 2.54 bits per heavy atom. The van der Waals surface area contributed by atoms with Crippen molar-refractivity contribution in [2.24, 2.45) is 5.41 Å². The van der Waals surface area contributed by atoms with Gasteiger partial charge in [0.05, 0.1) is 23.2 Å². The topological polar surface area (TPSA) is 82.1 Å². The molecule has 2 N–H and O–H groups in total. The van der Waals surface area contributed by atoms with E-state index in [1.165, 1.54) is 12.1 Å². The lowest BCUT2D eigenvalue weighted by Gasteiger charge is -2.42. The molecule has 2 amide bonds. The van der Waals surface area contributed by atoms with Gasteiger partial charge in [-0.25, -0.2) is 4.79 Å². The minimum atomic E-state index is -4.63. The summed E-state index contributed by atoms with van der Waals surface area (Å²) in [5.41, 5.74) is -1.51. The van der Waals surface area contributed by atoms with E-state index in [-0.39, 0.29) is 36.0 Å². The summed E-state index contributed by atoms with van der Waals surface area (Å²) in [7, 11) is 0. The molecule has 1 atom stereocenters. The van der Waals surface area contributed by atoms with Crippen molar-refractivity contribution < 1.29 is 32.6 Å². The molecule has 0 bridgehead atoms. The van der Waals surface area contributed by atoms with Crippen LogP contribution in [0.4, 0.5) is 29.3 Å². The van der Waals surface area contributed by atoms with Crippen molar-refractivity contribution in [3.63, 3.8) is 0 Å². The molecule has 10 heteroatoms. The molecule has 7 nitrogen and oxygen atoms in total. The van der Waals surface area contributed by atoms with Crippen LogP contribution in [0.15, 0.2) is 18.2 Å². The predicted octanol–water partition coefficient (Wildman–Crippen LogP) is 4.78. The zero-order valence-corrected chi connectivity index (χ0v) is 20.2. The number of alkyl halides is 3. The van der Waals surface area contributed by atoms with Crippen molar-refractivity contribution in [2.75, 3.05) is 29.9 Å². The number of hydrogen-bond acceptors (Lipinski definition) is 5. The van der Waals surface area contributed by atoms with Gasteiger partial charge in [-0.15, -0.1) is 0 Å². The highest BCUT2D eigenvalue weighted by Gasteiger charge is 2.51. The number of amides is 2. The molecule has 3 fully saturated rings. The first kappa shape index (κ1) is 25.6. The third kappa shape index (κ3) is 5.52. The summed E-state index contributed by atoms with van der Waals surface area (Å²) in [5, 5.41) is 12.2. The summed E-state index contributed by atoms with van der Waals surface area (Å²) in [6.07, 6.45) is -1.37. The van der Waals surface area contributed by atoms with E-state index in [0.717, 1.165) is 18.9 Å². The lowest BCUT2D eigenvalue weighted by atomic mass is 9.78. The van der Waals surface area contributed by atoms with Gasteiger partial charge in [0.2, 0.25) is 5.91 Å². The molecule has 4 rings (SSSR count). The lowest BCUT2D eigenvalue weighted by Crippen LogP contribution is -2.50. The van der Waals surface area contributed by atoms with E-state index in [1.807, 2.05) is 4.90 Å². The summed E-state index contributed by atoms with van der Waals surface area (Å²) in [5.74, 6) is 0.0341. The maximum atomic E-state index is 14.0. The molecular formula is C25H34F3N3O4. The molecule has 3 aliphatic rings. The van der Waals surface area contributed by atoms with Gasteiger partial charge in [0.25, 0.3) is 0 Å². The number of carbonyl (C=O) groups is 2. The number of aliphatic hydroxyl groups excluding tert-OH is 1. The van der Waals surface area contributed by atoms with Crippen molar-refractivity contribution in [1.82, 2.24) is 4.90 Å². The number of nitrogens with zero attached hydrogens (tertiary/aromatic N) is 2. The Morgan fingerprint density at radius 1 is 1.17 bits per heavy atom. The molecule has 0 aromatic heterocycles. The maximum absolute atomic E-state index is 14.0. The number of ether oxygens (including phenoxy) is 1. The van der Waals surface area contributed by atoms with Crippen molar-refractivity contribution in [2.45, 2.75) is 83.2 Å². The third-order valence-electron chi connectivity index (χ3n) is 7.46. The van der Waals surface area contributed by atoms with Crippen LogP contribution in [0.1, 0.15) is 64.4 Å². The van der Waals surface area contributed by atoms with Crippen molar-refractivity contribution in [3.05, 3.63) is 23.8 Å². The van der Waals surface area contributed by atoms with Gasteiger partial charge in [-0.1, -0.05) is 0 Å². The fraction of sp³-hybridized carbons (Fsp3) is 0.680. The van der Waals surface area contributed by atoms with Crippen LogP contribution in [-0.4, -0.2) is 59.9 Å². The van der Waals surface area contributed by atoms with Crippen LogP contribution in [0, 0.1) is 5.41 Å². The summed E-state index contributed by atoms with van der Waals surface area (Å²) in [6, 6.07) is 3.83. The Labute approximate surface area is 203 Å². The van der Waals surface area contributed by atoms with Crippen LogP contribution in [0.5, 0.6) is 0 Å². The molecule has 0 radical (unpaired) electrons. The number of nitrogens with one attached hydrogen (secondary N) is 1. The Bertz CT molecular complexity index is 946. The van der Waals surface area contributed by atoms with Crippen LogP contribution in [0.25, 0.3) is 0 Å². The smallest absolute Gasteiger partial charge is 0.418 e. The quantitative estimate of drug-likeness (QED) is 0.626. The number of aliphatic hydroxyl groups is 1. The van der Waals surface area contributed by atoms with Gasteiger partial charge in [0.1, 0.15) is 0 Å². The van der Waals surface area contributed by atoms with Gasteiger partial charge in [-0.2, -0.15) is 13.2 Å². The molecule has 1 spiro atoms. The minimum absolute atomic E-state index is 0.000974. The molecule has 1 aromatic carbocycles. The molecule has 35 heavy (non-hydrogen) atoms. The van der Waals surface area contributed by atoms with Gasteiger partial charge in [0.15, 0.2) is 0 Å². The molecule has 2 aliphatic heterocycles. The van der Waals surface area contributed by atoms with Gasteiger partial charge >= 0.3 is 12.3 Å². The third-order valence-corrected chi connectivity index (χ3v) is 7.46. The predicted molar refractivity (Wildman–Crippen MR) is 125 cm³/mol. The number of piperidine rings is 1. The highest BCUT2D eigenvalue weighted by atomic mass is 19.4. The van der Waals surface area contributed by atoms with E-state index in [9.17, 15) is 27.9 Å². The molecule has 1 saturated carbocycles. The zero-order valence-electron chi connectivity index (χ0n) is 20.2. The average molecular weight is 498 g/mol. The number of rotatable bonds is 4. The first-order chi connectivity index (χ1) is 16.5. The summed E-state index contributed by atoms with van der Waals surface area (Å²) in [6.45, 7) is 4.58. The fourth-order valence-electron chi connectivity index (χ4n) is 5.76. The Morgan fingerprint density at radius 2 is 1.89 bits per heavy atom. The minimum Gasteiger partial charge on any atom is -0.447 e. The van der Waals surface area contributed by atoms with E-state index >= 15 is 0 Å². The number of benzene rings is 1. The second-order valence-electron chi connectivity index (χ2n) is 10.3. The molecule has 1 aliphatic carbocycles. The zero-order chi connectivity index (χ0) is 25.4. The van der Waals surface area contributed by atoms with Crippen LogP contribution >= 0.6 is 0 Å². The Hall–Kier alpha value is -2.49. The monoisotopic (exact) mass is 497 g/mol. The van der Waals surface area contributed by atoms with Crippen LogP contribution in [0.2, 0.25) is 0 Å². The first-order valence-electron chi connectivity index (χ1n) is 12.4. The fourth-order valence-corrected chi connectivity index (χ4v) is 5.76. The number of anilines is 2. The first-order valence-corrected chi connectivity index (χ1v) is 12.4. The summed E-state index contributed by atoms with van der Waals surface area (Å²) >= 11 is 0. The van der Waals surface area contributed by atoms with Crippen molar-refractivity contribution in [3.8, 4) is 0 Å². The van der Waals surface area contributed by atoms with Gasteiger partial charge in [-0.05, 0) is 77.0 Å². The summed E-state index contributed by atoms with van der Waals surface area (Å²) in [4.78, 5) is 29.0. The molecule has 1 unspecified atom stereocenters. The van der Waals surface area contributed by atoms with Gasteiger partial charge in [0, 0.05) is 37.1 Å². The second-order valence-corrected chi connectivity index (χ2v) is 10.3. The molecular weight excluding hydrogens is 463 g/mol. The van der Waals surface area contributed by atoms with Crippen LogP contribution in [-0.2, 0) is 15.7 Å². The molecule has 194 valence electrons. The van der Waals surface area contributed by atoms with E-state index in [2.05, 4.69) is 5.32 Å². The number of likely N-dealkylation sites (tertiary alicyclic amines) is 1. The largest absolute Gasteiger partial charge is 0.447 e. The number of hydrogen-bond donors (Lipinski definition) is 2. The maximum Gasteiger partial charge on any atom is 0.418 e. The van der Waals surface area contributed by atoms with Gasteiger partial charge < -0.3 is 19.6 Å². The number of halogens is 3. The highest BCUT2D eigenvalue weighted by Crippen LogP contribution is 2.46. The van der Waals surface area contributed by atoms with E-state index in [0.29, 0.717) is 45.2 Å². The second kappa shape index (κ2) is 9.87. The Balaban J connectivity index is 1.54. The van der Waals surface area contributed by atoms with Crippen LogP contribution < -0.4 is 10.2 Å². The van der Waals surface area contributed by atoms with E-state index < -0.39 is 29.4 Å². The normalized spacial score (nSPS) is 27.6. The Kier molecular flexibility index (Phi) is 7.22. The molecule has 1 aromatic rings. The lowest BCUT2D eigenvalue weighted by molar-refractivity contribution is -0.139. The standard InChI is InChI=1S/C25H34F3N3O4/c1-16(2)35-23(34)29-17-4-9-21(20(14-17)25(26,27)28)30-12-3-10-24(15-30)11-13-31(22(24)33)18-5-7-19(32)8-6-18/h4,9,14,16,18-19,32H,3,5-8,10-13,15H2,1-2H3,(H,29,34). The molecule has 2 saturated heterocycles. The SMILES string of the molecule is CC(C)OC(=O)Nc1ccc(N2CCCC3(CCN(C4CCC(O)CC4)C3=O)C2)c(C(F)(F)F)c1.